The van der Waals surface area contributed by atoms with Gasteiger partial charge in [0.05, 0.1) is 25.4 Å². The van der Waals surface area contributed by atoms with Gasteiger partial charge in [-0.15, -0.1) is 0 Å². The van der Waals surface area contributed by atoms with E-state index in [1.165, 1.54) is 0 Å². The lowest BCUT2D eigenvalue weighted by Crippen LogP contribution is -2.05. The van der Waals surface area contributed by atoms with Gasteiger partial charge in [0.15, 0.2) is 0 Å². The molecule has 0 saturated heterocycles. The number of ether oxygens (including phenoxy) is 2. The molecule has 18 heavy (non-hydrogen) atoms. The number of esters is 2. The molecular weight excluding hydrogens is 236 g/mol. The van der Waals surface area contributed by atoms with Crippen molar-refractivity contribution in [3.63, 3.8) is 0 Å². The Morgan fingerprint density at radius 2 is 1.17 bits per heavy atom. The zero-order chi connectivity index (χ0) is 13.6. The Balaban J connectivity index is 3.22. The number of carbonyl (C=O) groups is 2. The average Bonchev–Trinajstić information content (AvgIpc) is 2.33. The van der Waals surface area contributed by atoms with Crippen molar-refractivity contribution in [3.05, 3.63) is 0 Å². The van der Waals surface area contributed by atoms with E-state index in [0.717, 1.165) is 25.7 Å². The highest BCUT2D eigenvalue weighted by Gasteiger charge is 2.01. The molecule has 0 aromatic carbocycles. The van der Waals surface area contributed by atoms with Crippen molar-refractivity contribution >= 4 is 11.9 Å². The van der Waals surface area contributed by atoms with Crippen LogP contribution < -0.4 is 0 Å². The molecule has 0 saturated carbocycles. The van der Waals surface area contributed by atoms with Gasteiger partial charge in [-0.25, -0.2) is 0 Å². The number of hydrogen-bond acceptors (Lipinski definition) is 6. The van der Waals surface area contributed by atoms with E-state index in [0.29, 0.717) is 13.2 Å². The minimum absolute atomic E-state index is 0.213. The molecule has 0 N–H and O–H groups in total. The van der Waals surface area contributed by atoms with Crippen molar-refractivity contribution in [2.45, 2.75) is 38.5 Å². The van der Waals surface area contributed by atoms with Crippen molar-refractivity contribution in [2.24, 2.45) is 0 Å². The first kappa shape index (κ1) is 15.9. The molecule has 98 valence electrons. The Labute approximate surface area is 106 Å². The van der Waals surface area contributed by atoms with Crippen LogP contribution in [-0.4, -0.2) is 25.2 Å². The molecule has 0 fully saturated rings. The summed E-state index contributed by atoms with van der Waals surface area (Å²) in [6.07, 6.45) is 2.74. The topological polar surface area (TPSA) is 100 Å². The van der Waals surface area contributed by atoms with Gasteiger partial charge in [-0.05, 0) is 25.7 Å². The van der Waals surface area contributed by atoms with Gasteiger partial charge in [0.1, 0.15) is 12.8 Å². The van der Waals surface area contributed by atoms with Crippen LogP contribution in [0.4, 0.5) is 0 Å². The second kappa shape index (κ2) is 11.4. The molecule has 0 aromatic heterocycles. The van der Waals surface area contributed by atoms with Crippen LogP contribution in [0.3, 0.4) is 0 Å². The number of rotatable bonds is 9. The molecule has 0 aliphatic heterocycles. The van der Waals surface area contributed by atoms with Crippen LogP contribution in [0.15, 0.2) is 0 Å². The molecule has 0 aromatic rings. The number of nitrogens with zero attached hydrogens (tertiary/aromatic N) is 2. The van der Waals surface area contributed by atoms with Crippen molar-refractivity contribution in [1.82, 2.24) is 0 Å². The zero-order valence-corrected chi connectivity index (χ0v) is 10.2. The lowest BCUT2D eigenvalue weighted by atomic mass is 10.2. The fourth-order valence-corrected chi connectivity index (χ4v) is 1.16. The molecular formula is C12H16N2O4. The highest BCUT2D eigenvalue weighted by Crippen LogP contribution is 2.01. The third-order valence-corrected chi connectivity index (χ3v) is 2.01. The smallest absolute Gasteiger partial charge is 0.320 e. The standard InChI is InChI=1S/C12H16N2O4/c13-7-5-11(15)17-9-3-1-2-4-10-18-12(16)6-8-14/h1-6,9-10H2. The Hall–Kier alpha value is -2.08. The van der Waals surface area contributed by atoms with Gasteiger partial charge < -0.3 is 9.47 Å². The van der Waals surface area contributed by atoms with E-state index in [4.69, 9.17) is 20.0 Å². The lowest BCUT2D eigenvalue weighted by molar-refractivity contribution is -0.143. The summed E-state index contributed by atoms with van der Waals surface area (Å²) in [6, 6.07) is 3.42. The number of unbranched alkanes of at least 4 members (excludes halogenated alkanes) is 3. The first-order chi connectivity index (χ1) is 8.70. The summed E-state index contributed by atoms with van der Waals surface area (Å²) in [4.78, 5) is 21.6. The predicted molar refractivity (Wildman–Crippen MR) is 60.8 cm³/mol. The minimum atomic E-state index is -0.497. The van der Waals surface area contributed by atoms with E-state index in [1.54, 1.807) is 12.1 Å². The van der Waals surface area contributed by atoms with Gasteiger partial charge in [0.25, 0.3) is 0 Å². The van der Waals surface area contributed by atoms with Crippen LogP contribution in [0.1, 0.15) is 38.5 Å². The number of nitriles is 2. The maximum atomic E-state index is 10.8. The average molecular weight is 252 g/mol. The van der Waals surface area contributed by atoms with E-state index >= 15 is 0 Å². The molecule has 0 bridgehead atoms. The molecule has 0 spiro atoms. The molecule has 0 heterocycles. The molecule has 0 rings (SSSR count). The molecule has 6 heteroatoms. The largest absolute Gasteiger partial charge is 0.465 e. The fourth-order valence-electron chi connectivity index (χ4n) is 1.16. The summed E-state index contributed by atoms with van der Waals surface area (Å²) in [6.45, 7) is 0.628. The van der Waals surface area contributed by atoms with Gasteiger partial charge in [0, 0.05) is 0 Å². The summed E-state index contributed by atoms with van der Waals surface area (Å²) in [7, 11) is 0. The Bertz CT molecular complexity index is 307. The molecule has 0 atom stereocenters. The summed E-state index contributed by atoms with van der Waals surface area (Å²) in [5.74, 6) is -0.995. The van der Waals surface area contributed by atoms with Crippen LogP contribution >= 0.6 is 0 Å². The molecule has 0 aliphatic rings. The molecule has 0 unspecified atom stereocenters. The van der Waals surface area contributed by atoms with Crippen molar-refractivity contribution in [1.29, 1.82) is 10.5 Å². The van der Waals surface area contributed by atoms with Gasteiger partial charge in [-0.2, -0.15) is 10.5 Å². The van der Waals surface area contributed by atoms with E-state index in [-0.39, 0.29) is 12.8 Å². The monoisotopic (exact) mass is 252 g/mol. The minimum Gasteiger partial charge on any atom is -0.465 e. The summed E-state index contributed by atoms with van der Waals surface area (Å²) >= 11 is 0. The second-order valence-electron chi connectivity index (χ2n) is 3.52. The fraction of sp³-hybridized carbons (Fsp3) is 0.667. The maximum Gasteiger partial charge on any atom is 0.320 e. The molecule has 0 aliphatic carbocycles. The summed E-state index contributed by atoms with van der Waals surface area (Å²) in [5.41, 5.74) is 0. The molecule has 0 amide bonds. The molecule has 0 radical (unpaired) electrons. The van der Waals surface area contributed by atoms with Crippen LogP contribution in [0.25, 0.3) is 0 Å². The normalized spacial score (nSPS) is 9.00. The summed E-state index contributed by atoms with van der Waals surface area (Å²) < 4.78 is 9.55. The van der Waals surface area contributed by atoms with Crippen molar-refractivity contribution in [3.8, 4) is 12.1 Å². The highest BCUT2D eigenvalue weighted by atomic mass is 16.5. The first-order valence-corrected chi connectivity index (χ1v) is 5.76. The van der Waals surface area contributed by atoms with Crippen LogP contribution in [0, 0.1) is 22.7 Å². The molecule has 6 nitrogen and oxygen atoms in total. The Morgan fingerprint density at radius 3 is 1.50 bits per heavy atom. The quantitative estimate of drug-likeness (QED) is 0.455. The van der Waals surface area contributed by atoms with E-state index in [9.17, 15) is 9.59 Å². The highest BCUT2D eigenvalue weighted by molar-refractivity contribution is 5.72. The van der Waals surface area contributed by atoms with E-state index in [1.807, 2.05) is 0 Å². The summed E-state index contributed by atoms with van der Waals surface area (Å²) in [5, 5.41) is 16.4. The third kappa shape index (κ3) is 10.4. The maximum absolute atomic E-state index is 10.8. The first-order valence-electron chi connectivity index (χ1n) is 5.76. The number of hydrogen-bond donors (Lipinski definition) is 0. The third-order valence-electron chi connectivity index (χ3n) is 2.01. The van der Waals surface area contributed by atoms with Gasteiger partial charge in [-0.1, -0.05) is 0 Å². The van der Waals surface area contributed by atoms with Crippen molar-refractivity contribution < 1.29 is 19.1 Å². The van der Waals surface area contributed by atoms with E-state index < -0.39 is 11.9 Å². The Morgan fingerprint density at radius 1 is 0.778 bits per heavy atom. The number of carbonyl (C=O) groups excluding carboxylic acids is 2. The van der Waals surface area contributed by atoms with Crippen LogP contribution in [-0.2, 0) is 19.1 Å². The van der Waals surface area contributed by atoms with Gasteiger partial charge in [0.2, 0.25) is 0 Å². The van der Waals surface area contributed by atoms with E-state index in [2.05, 4.69) is 0 Å². The lowest BCUT2D eigenvalue weighted by Gasteiger charge is -2.03. The second-order valence-corrected chi connectivity index (χ2v) is 3.52. The van der Waals surface area contributed by atoms with Gasteiger partial charge in [-0.3, -0.25) is 9.59 Å². The zero-order valence-electron chi connectivity index (χ0n) is 10.2. The van der Waals surface area contributed by atoms with Gasteiger partial charge >= 0.3 is 11.9 Å². The SMILES string of the molecule is N#CCC(=O)OCCCCCCOC(=O)CC#N. The van der Waals surface area contributed by atoms with Crippen LogP contribution in [0.2, 0.25) is 0 Å². The van der Waals surface area contributed by atoms with Crippen molar-refractivity contribution in [2.75, 3.05) is 13.2 Å². The van der Waals surface area contributed by atoms with Crippen LogP contribution in [0.5, 0.6) is 0 Å². The predicted octanol–water partition coefficient (Wildman–Crippen LogP) is 1.46. The Kier molecular flexibility index (Phi) is 10.1.